The molecule has 0 saturated heterocycles. The van der Waals surface area contributed by atoms with Gasteiger partial charge in [0.15, 0.2) is 0 Å². The predicted molar refractivity (Wildman–Crippen MR) is 109 cm³/mol. The van der Waals surface area contributed by atoms with Gasteiger partial charge in [-0.3, -0.25) is 24.4 Å². The number of H-pyrrole nitrogens is 1. The van der Waals surface area contributed by atoms with Crippen molar-refractivity contribution < 1.29 is 18.0 Å². The minimum atomic E-state index is -4.03. The number of carbonyl (C=O) groups is 2. The van der Waals surface area contributed by atoms with E-state index in [1.165, 1.54) is 18.2 Å². The van der Waals surface area contributed by atoms with Crippen molar-refractivity contribution in [3.05, 3.63) is 75.7 Å². The van der Waals surface area contributed by atoms with Gasteiger partial charge < -0.3 is 4.98 Å². The lowest BCUT2D eigenvalue weighted by Gasteiger charge is -2.10. The van der Waals surface area contributed by atoms with E-state index in [-0.39, 0.29) is 27.3 Å². The molecule has 1 aromatic heterocycles. The highest BCUT2D eigenvalue weighted by atomic mass is 32.2. The van der Waals surface area contributed by atoms with Crippen LogP contribution in [-0.2, 0) is 16.4 Å². The number of aryl methyl sites for hydroxylation is 1. The van der Waals surface area contributed by atoms with Gasteiger partial charge in [0.25, 0.3) is 27.4 Å². The Morgan fingerprint density at radius 3 is 2.50 bits per heavy atom. The molecule has 10 heteroatoms. The summed E-state index contributed by atoms with van der Waals surface area (Å²) >= 11 is 0. The number of hydrogen-bond acceptors (Lipinski definition) is 6. The first-order valence-electron chi connectivity index (χ1n) is 9.00. The molecule has 0 bridgehead atoms. The van der Waals surface area contributed by atoms with Gasteiger partial charge in [-0.15, -0.1) is 0 Å². The van der Waals surface area contributed by atoms with E-state index in [0.29, 0.717) is 23.5 Å². The Balaban J connectivity index is 1.67. The van der Waals surface area contributed by atoms with Gasteiger partial charge in [-0.2, -0.15) is 0 Å². The molecule has 0 saturated carbocycles. The van der Waals surface area contributed by atoms with Crippen LogP contribution in [-0.4, -0.2) is 30.2 Å². The Bertz CT molecular complexity index is 1360. The van der Waals surface area contributed by atoms with Crippen molar-refractivity contribution in [2.75, 3.05) is 4.72 Å². The van der Waals surface area contributed by atoms with Crippen LogP contribution in [0, 0.1) is 0 Å². The van der Waals surface area contributed by atoms with Gasteiger partial charge in [0.1, 0.15) is 5.82 Å². The first kappa shape index (κ1) is 19.5. The van der Waals surface area contributed by atoms with E-state index in [1.54, 1.807) is 24.3 Å². The Hall–Kier alpha value is -3.79. The molecule has 2 amide bonds. The number of carbonyl (C=O) groups excluding carboxylic acids is 2. The summed E-state index contributed by atoms with van der Waals surface area (Å²) in [4.78, 5) is 42.1. The quantitative estimate of drug-likeness (QED) is 0.533. The number of nitrogens with zero attached hydrogens (tertiary/aromatic N) is 1. The van der Waals surface area contributed by atoms with Crippen LogP contribution >= 0.6 is 0 Å². The van der Waals surface area contributed by atoms with Crippen LogP contribution in [0.5, 0.6) is 0 Å². The van der Waals surface area contributed by atoms with Crippen molar-refractivity contribution >= 4 is 27.5 Å². The number of aromatic amines is 1. The smallest absolute Gasteiger partial charge is 0.261 e. The Morgan fingerprint density at radius 1 is 0.967 bits per heavy atom. The second-order valence-electron chi connectivity index (χ2n) is 6.62. The maximum absolute atomic E-state index is 12.8. The normalized spacial score (nSPS) is 13.1. The highest BCUT2D eigenvalue weighted by molar-refractivity contribution is 7.92. The Morgan fingerprint density at radius 2 is 1.73 bits per heavy atom. The van der Waals surface area contributed by atoms with E-state index in [4.69, 9.17) is 0 Å². The van der Waals surface area contributed by atoms with Crippen LogP contribution in [0.4, 0.5) is 5.69 Å². The molecule has 0 spiro atoms. The third-order valence-corrected chi connectivity index (χ3v) is 5.94. The lowest BCUT2D eigenvalue weighted by molar-refractivity contribution is 0.0879. The van der Waals surface area contributed by atoms with Crippen molar-refractivity contribution in [3.63, 3.8) is 0 Å². The molecule has 1 aliphatic heterocycles. The van der Waals surface area contributed by atoms with Gasteiger partial charge in [0.2, 0.25) is 0 Å². The lowest BCUT2D eigenvalue weighted by Crippen LogP contribution is -2.19. The number of benzene rings is 2. The number of nitrogens with one attached hydrogen (secondary N) is 3. The maximum atomic E-state index is 12.8. The standard InChI is InChI=1S/C20H16N4O5S/c1-2-12-9-17(25)22-18(21-12)11-4-3-5-13(8-11)24-30(28,29)14-6-7-15-16(10-14)20(27)23-19(15)26/h3-10,24H,2H2,1H3,(H,21,22,25)(H,23,26,27). The molecule has 0 unspecified atom stereocenters. The number of aromatic nitrogens is 2. The van der Waals surface area contributed by atoms with Crippen LogP contribution in [0.1, 0.15) is 33.3 Å². The van der Waals surface area contributed by atoms with E-state index in [1.807, 2.05) is 6.92 Å². The first-order valence-corrected chi connectivity index (χ1v) is 10.5. The predicted octanol–water partition coefficient (Wildman–Crippen LogP) is 1.68. The van der Waals surface area contributed by atoms with Crippen LogP contribution in [0.2, 0.25) is 0 Å². The summed E-state index contributed by atoms with van der Waals surface area (Å²) in [6, 6.07) is 11.5. The fraction of sp³-hybridized carbons (Fsp3) is 0.100. The number of amides is 2. The summed E-state index contributed by atoms with van der Waals surface area (Å²) < 4.78 is 28.0. The minimum Gasteiger partial charge on any atom is -0.307 e. The van der Waals surface area contributed by atoms with E-state index < -0.39 is 21.8 Å². The van der Waals surface area contributed by atoms with Crippen molar-refractivity contribution in [2.24, 2.45) is 0 Å². The van der Waals surface area contributed by atoms with Crippen LogP contribution in [0.3, 0.4) is 0 Å². The molecule has 3 aromatic rings. The number of hydrogen-bond donors (Lipinski definition) is 3. The summed E-state index contributed by atoms with van der Waals surface area (Å²) in [6.45, 7) is 1.88. The fourth-order valence-corrected chi connectivity index (χ4v) is 4.16. The molecule has 2 heterocycles. The van der Waals surface area contributed by atoms with Crippen molar-refractivity contribution in [3.8, 4) is 11.4 Å². The zero-order valence-corrected chi connectivity index (χ0v) is 16.5. The highest BCUT2D eigenvalue weighted by Crippen LogP contribution is 2.24. The number of rotatable bonds is 5. The molecule has 9 nitrogen and oxygen atoms in total. The van der Waals surface area contributed by atoms with E-state index in [9.17, 15) is 22.8 Å². The van der Waals surface area contributed by atoms with Gasteiger partial charge in [-0.1, -0.05) is 19.1 Å². The monoisotopic (exact) mass is 424 g/mol. The minimum absolute atomic E-state index is 0.00906. The van der Waals surface area contributed by atoms with Gasteiger partial charge in [-0.25, -0.2) is 13.4 Å². The van der Waals surface area contributed by atoms with Crippen LogP contribution < -0.4 is 15.6 Å². The molecule has 152 valence electrons. The van der Waals surface area contributed by atoms with E-state index >= 15 is 0 Å². The van der Waals surface area contributed by atoms with Crippen molar-refractivity contribution in [1.82, 2.24) is 15.3 Å². The molecular formula is C20H16N4O5S. The molecule has 3 N–H and O–H groups in total. The molecular weight excluding hydrogens is 408 g/mol. The summed E-state index contributed by atoms with van der Waals surface area (Å²) in [5.41, 5.74) is 1.24. The molecule has 4 rings (SSSR count). The maximum Gasteiger partial charge on any atom is 0.261 e. The van der Waals surface area contributed by atoms with Crippen LogP contribution in [0.15, 0.2) is 58.2 Å². The van der Waals surface area contributed by atoms with Gasteiger partial charge in [-0.05, 0) is 36.8 Å². The van der Waals surface area contributed by atoms with Gasteiger partial charge in [0, 0.05) is 23.0 Å². The van der Waals surface area contributed by atoms with Crippen molar-refractivity contribution in [1.29, 1.82) is 0 Å². The number of fused-ring (bicyclic) bond motifs is 1. The van der Waals surface area contributed by atoms with E-state index in [2.05, 4.69) is 20.0 Å². The summed E-state index contributed by atoms with van der Waals surface area (Å²) in [7, 11) is -4.03. The molecule has 2 aromatic carbocycles. The zero-order valence-electron chi connectivity index (χ0n) is 15.7. The third-order valence-electron chi connectivity index (χ3n) is 4.56. The van der Waals surface area contributed by atoms with Gasteiger partial charge >= 0.3 is 0 Å². The molecule has 1 aliphatic rings. The topological polar surface area (TPSA) is 138 Å². The highest BCUT2D eigenvalue weighted by Gasteiger charge is 2.28. The number of imide groups is 1. The van der Waals surface area contributed by atoms with E-state index in [0.717, 1.165) is 6.07 Å². The summed E-state index contributed by atoms with van der Waals surface area (Å²) in [5.74, 6) is -0.872. The molecule has 0 aliphatic carbocycles. The SMILES string of the molecule is CCc1cc(=O)[nH]c(-c2cccc(NS(=O)(=O)c3ccc4c(c3)C(=O)NC4=O)c2)n1. The van der Waals surface area contributed by atoms with Gasteiger partial charge in [0.05, 0.1) is 16.0 Å². The van der Waals surface area contributed by atoms with Crippen molar-refractivity contribution in [2.45, 2.75) is 18.2 Å². The third kappa shape index (κ3) is 3.60. The first-order chi connectivity index (χ1) is 14.3. The molecule has 0 atom stereocenters. The van der Waals surface area contributed by atoms with Crippen LogP contribution in [0.25, 0.3) is 11.4 Å². The summed E-state index contributed by atoms with van der Waals surface area (Å²) in [5, 5.41) is 2.12. The Labute approximate surface area is 171 Å². The largest absolute Gasteiger partial charge is 0.307 e. The summed E-state index contributed by atoms with van der Waals surface area (Å²) in [6.07, 6.45) is 0.581. The zero-order chi connectivity index (χ0) is 21.5. The lowest BCUT2D eigenvalue weighted by atomic mass is 10.1. The average Bonchev–Trinajstić information content (AvgIpc) is 3.00. The molecule has 0 radical (unpaired) electrons. The second kappa shape index (κ2) is 7.23. The average molecular weight is 424 g/mol. The number of sulfonamides is 1. The molecule has 30 heavy (non-hydrogen) atoms. The Kier molecular flexibility index (Phi) is 4.70. The second-order valence-corrected chi connectivity index (χ2v) is 8.30. The molecule has 0 fully saturated rings. The number of anilines is 1. The fourth-order valence-electron chi connectivity index (χ4n) is 3.08.